The molecule has 0 radical (unpaired) electrons. The van der Waals surface area contributed by atoms with E-state index in [9.17, 15) is 4.79 Å². The quantitative estimate of drug-likeness (QED) is 0.790. The highest BCUT2D eigenvalue weighted by Crippen LogP contribution is 2.40. The lowest BCUT2D eigenvalue weighted by atomic mass is 9.81. The Hall–Kier alpha value is -3.15. The van der Waals surface area contributed by atoms with Crippen molar-refractivity contribution in [3.8, 4) is 5.75 Å². The van der Waals surface area contributed by atoms with Crippen molar-refractivity contribution < 1.29 is 9.53 Å². The Morgan fingerprint density at radius 1 is 1.23 bits per heavy atom. The summed E-state index contributed by atoms with van der Waals surface area (Å²) in [6.07, 6.45) is 4.08. The van der Waals surface area contributed by atoms with E-state index in [2.05, 4.69) is 15.4 Å². The zero-order valence-electron chi connectivity index (χ0n) is 14.8. The number of aryl methyl sites for hydroxylation is 2. The highest BCUT2D eigenvalue weighted by Gasteiger charge is 2.42. The van der Waals surface area contributed by atoms with Crippen LogP contribution in [-0.4, -0.2) is 27.3 Å². The van der Waals surface area contributed by atoms with E-state index in [1.54, 1.807) is 30.2 Å². The van der Waals surface area contributed by atoms with E-state index in [0.717, 1.165) is 16.8 Å². The van der Waals surface area contributed by atoms with Crippen LogP contribution in [0.25, 0.3) is 0 Å². The molecule has 0 saturated carbocycles. The molecule has 1 aliphatic heterocycles. The van der Waals surface area contributed by atoms with Crippen LogP contribution in [0.5, 0.6) is 5.75 Å². The second-order valence-electron chi connectivity index (χ2n) is 6.55. The lowest BCUT2D eigenvalue weighted by Crippen LogP contribution is -2.50. The SMILES string of the molecule is Cc1ccc([C@@]2(NC(=O)c3ccn(C)n3)CCOc3cccnc32)cc1. The summed E-state index contributed by atoms with van der Waals surface area (Å²) in [5.41, 5.74) is 2.49. The molecule has 1 aliphatic rings. The Kier molecular flexibility index (Phi) is 3.95. The van der Waals surface area contributed by atoms with E-state index in [-0.39, 0.29) is 5.91 Å². The summed E-state index contributed by atoms with van der Waals surface area (Å²) in [5, 5.41) is 7.42. The van der Waals surface area contributed by atoms with Crippen LogP contribution in [0.1, 0.15) is 33.7 Å². The predicted octanol–water partition coefficient (Wildman–Crippen LogP) is 2.58. The van der Waals surface area contributed by atoms with Gasteiger partial charge < -0.3 is 10.1 Å². The Bertz CT molecular complexity index is 948. The largest absolute Gasteiger partial charge is 0.491 e. The van der Waals surface area contributed by atoms with Gasteiger partial charge in [-0.2, -0.15) is 5.10 Å². The number of pyridine rings is 1. The Morgan fingerprint density at radius 2 is 2.04 bits per heavy atom. The molecule has 26 heavy (non-hydrogen) atoms. The van der Waals surface area contributed by atoms with E-state index in [4.69, 9.17) is 4.74 Å². The first-order chi connectivity index (χ1) is 12.6. The van der Waals surface area contributed by atoms with Crippen molar-refractivity contribution in [1.82, 2.24) is 20.1 Å². The van der Waals surface area contributed by atoms with Crippen LogP contribution in [0, 0.1) is 6.92 Å². The summed E-state index contributed by atoms with van der Waals surface area (Å²) in [6.45, 7) is 2.54. The number of carbonyl (C=O) groups is 1. The highest BCUT2D eigenvalue weighted by atomic mass is 16.5. The molecule has 0 aliphatic carbocycles. The number of rotatable bonds is 3. The van der Waals surface area contributed by atoms with Crippen LogP contribution in [-0.2, 0) is 12.6 Å². The number of nitrogens with one attached hydrogen (secondary N) is 1. The van der Waals surface area contributed by atoms with Gasteiger partial charge in [-0.25, -0.2) is 0 Å². The number of aromatic nitrogens is 3. The fourth-order valence-electron chi connectivity index (χ4n) is 3.37. The van der Waals surface area contributed by atoms with Crippen molar-refractivity contribution in [3.05, 3.63) is 77.4 Å². The zero-order chi connectivity index (χ0) is 18.1. The summed E-state index contributed by atoms with van der Waals surface area (Å²) in [4.78, 5) is 17.5. The lowest BCUT2D eigenvalue weighted by molar-refractivity contribution is 0.0878. The zero-order valence-corrected chi connectivity index (χ0v) is 14.8. The van der Waals surface area contributed by atoms with Gasteiger partial charge in [-0.05, 0) is 30.7 Å². The standard InChI is InChI=1S/C20H20N4O2/c1-14-5-7-15(8-6-14)20(22-19(25)16-9-12-24(2)23-16)10-13-26-17-4-3-11-21-18(17)20/h3-9,11-12H,10,13H2,1-2H3,(H,22,25)/t20-/m0/s1. The summed E-state index contributed by atoms with van der Waals surface area (Å²) in [6, 6.07) is 13.6. The maximum atomic E-state index is 12.9. The van der Waals surface area contributed by atoms with Gasteiger partial charge in [-0.15, -0.1) is 0 Å². The van der Waals surface area contributed by atoms with Gasteiger partial charge >= 0.3 is 0 Å². The number of ether oxygens (including phenoxy) is 1. The minimum absolute atomic E-state index is 0.232. The Morgan fingerprint density at radius 3 is 2.77 bits per heavy atom. The van der Waals surface area contributed by atoms with E-state index >= 15 is 0 Å². The second kappa shape index (κ2) is 6.29. The molecule has 3 aromatic rings. The molecule has 0 spiro atoms. The molecule has 0 fully saturated rings. The van der Waals surface area contributed by atoms with Gasteiger partial charge in [0, 0.05) is 25.9 Å². The minimum atomic E-state index is -0.753. The predicted molar refractivity (Wildman–Crippen MR) is 97.0 cm³/mol. The van der Waals surface area contributed by atoms with Crippen LogP contribution in [0.15, 0.2) is 54.9 Å². The second-order valence-corrected chi connectivity index (χ2v) is 6.55. The van der Waals surface area contributed by atoms with Gasteiger partial charge in [-0.1, -0.05) is 29.8 Å². The average molecular weight is 348 g/mol. The molecule has 4 rings (SSSR count). The first kappa shape index (κ1) is 16.3. The van der Waals surface area contributed by atoms with Crippen molar-refractivity contribution >= 4 is 5.91 Å². The van der Waals surface area contributed by atoms with Crippen LogP contribution >= 0.6 is 0 Å². The van der Waals surface area contributed by atoms with Crippen LogP contribution in [0.4, 0.5) is 0 Å². The molecule has 0 bridgehead atoms. The van der Waals surface area contributed by atoms with Gasteiger partial charge in [0.2, 0.25) is 0 Å². The summed E-state index contributed by atoms with van der Waals surface area (Å²) >= 11 is 0. The van der Waals surface area contributed by atoms with Gasteiger partial charge in [0.05, 0.1) is 6.61 Å². The van der Waals surface area contributed by atoms with Gasteiger partial charge in [-0.3, -0.25) is 14.5 Å². The molecular weight excluding hydrogens is 328 g/mol. The normalized spacial score (nSPS) is 18.7. The molecule has 6 nitrogen and oxygen atoms in total. The molecule has 6 heteroatoms. The summed E-state index contributed by atoms with van der Waals surface area (Å²) < 4.78 is 7.40. The molecule has 1 aromatic carbocycles. The van der Waals surface area contributed by atoms with E-state index in [1.807, 2.05) is 43.3 Å². The molecule has 3 heterocycles. The van der Waals surface area contributed by atoms with Crippen molar-refractivity contribution in [2.75, 3.05) is 6.61 Å². The maximum Gasteiger partial charge on any atom is 0.272 e. The maximum absolute atomic E-state index is 12.9. The van der Waals surface area contributed by atoms with Crippen LogP contribution in [0.2, 0.25) is 0 Å². The molecule has 0 unspecified atom stereocenters. The Labute approximate surface area is 151 Å². The summed E-state index contributed by atoms with van der Waals surface area (Å²) in [7, 11) is 1.79. The van der Waals surface area contributed by atoms with E-state index in [0.29, 0.717) is 24.5 Å². The molecule has 132 valence electrons. The third-order valence-corrected chi connectivity index (χ3v) is 4.73. The molecule has 1 amide bonds. The van der Waals surface area contributed by atoms with Crippen molar-refractivity contribution in [1.29, 1.82) is 0 Å². The van der Waals surface area contributed by atoms with E-state index in [1.165, 1.54) is 0 Å². The van der Waals surface area contributed by atoms with E-state index < -0.39 is 5.54 Å². The van der Waals surface area contributed by atoms with Crippen molar-refractivity contribution in [2.45, 2.75) is 18.9 Å². The molecule has 1 N–H and O–H groups in total. The number of nitrogens with zero attached hydrogens (tertiary/aromatic N) is 3. The fourth-order valence-corrected chi connectivity index (χ4v) is 3.37. The molecular formula is C20H20N4O2. The smallest absolute Gasteiger partial charge is 0.272 e. The topological polar surface area (TPSA) is 69.0 Å². The monoisotopic (exact) mass is 348 g/mol. The molecule has 0 saturated heterocycles. The third kappa shape index (κ3) is 2.73. The summed E-state index contributed by atoms with van der Waals surface area (Å²) in [5.74, 6) is 0.463. The van der Waals surface area contributed by atoms with Gasteiger partial charge in [0.25, 0.3) is 5.91 Å². The number of amides is 1. The Balaban J connectivity index is 1.83. The third-order valence-electron chi connectivity index (χ3n) is 4.73. The first-order valence-corrected chi connectivity index (χ1v) is 8.56. The minimum Gasteiger partial charge on any atom is -0.491 e. The highest BCUT2D eigenvalue weighted by molar-refractivity contribution is 5.93. The number of hydrogen-bond donors (Lipinski definition) is 1. The van der Waals surface area contributed by atoms with Gasteiger partial charge in [0.1, 0.15) is 22.7 Å². The number of benzene rings is 1. The molecule has 1 atom stereocenters. The first-order valence-electron chi connectivity index (χ1n) is 8.56. The number of hydrogen-bond acceptors (Lipinski definition) is 4. The lowest BCUT2D eigenvalue weighted by Gasteiger charge is -2.38. The van der Waals surface area contributed by atoms with Crippen LogP contribution < -0.4 is 10.1 Å². The number of carbonyl (C=O) groups excluding carboxylic acids is 1. The van der Waals surface area contributed by atoms with Crippen LogP contribution in [0.3, 0.4) is 0 Å². The number of fused-ring (bicyclic) bond motifs is 1. The van der Waals surface area contributed by atoms with Crippen molar-refractivity contribution in [3.63, 3.8) is 0 Å². The molecule has 2 aromatic heterocycles. The average Bonchev–Trinajstić information content (AvgIpc) is 3.09. The fraction of sp³-hybridized carbons (Fsp3) is 0.250. The van der Waals surface area contributed by atoms with Crippen molar-refractivity contribution in [2.24, 2.45) is 7.05 Å². The van der Waals surface area contributed by atoms with Gasteiger partial charge in [0.15, 0.2) is 0 Å².